The van der Waals surface area contributed by atoms with Gasteiger partial charge in [-0.25, -0.2) is 0 Å². The molecular formula is C17H26N2O2. The molecule has 0 saturated carbocycles. The molecule has 0 radical (unpaired) electrons. The highest BCUT2D eigenvalue weighted by Gasteiger charge is 2.23. The van der Waals surface area contributed by atoms with Gasteiger partial charge in [0.05, 0.1) is 6.61 Å². The normalized spacial score (nSPS) is 16.7. The largest absolute Gasteiger partial charge is 0.494 e. The lowest BCUT2D eigenvalue weighted by Crippen LogP contribution is -2.44. The number of ether oxygens (including phenoxy) is 1. The molecule has 0 spiro atoms. The molecule has 1 aliphatic heterocycles. The Bertz CT molecular complexity index is 428. The quantitative estimate of drug-likeness (QED) is 0.754. The van der Waals surface area contributed by atoms with Crippen LogP contribution in [0.25, 0.3) is 0 Å². The van der Waals surface area contributed by atoms with Crippen molar-refractivity contribution in [1.82, 2.24) is 9.80 Å². The van der Waals surface area contributed by atoms with Crippen molar-refractivity contribution < 1.29 is 9.53 Å². The predicted molar refractivity (Wildman–Crippen MR) is 84.5 cm³/mol. The molecule has 1 aliphatic rings. The van der Waals surface area contributed by atoms with Crippen LogP contribution in [-0.2, 0) is 4.79 Å². The Labute approximate surface area is 127 Å². The molecule has 0 atom stereocenters. The van der Waals surface area contributed by atoms with E-state index in [4.69, 9.17) is 4.74 Å². The average Bonchev–Trinajstić information content (AvgIpc) is 2.52. The monoisotopic (exact) mass is 290 g/mol. The van der Waals surface area contributed by atoms with Crippen LogP contribution < -0.4 is 4.74 Å². The van der Waals surface area contributed by atoms with Gasteiger partial charge in [-0.05, 0) is 51.5 Å². The SMILES string of the molecule is CN1CCC(N(C)C(=O)CCCOc2ccccc2)CC1. The Balaban J connectivity index is 1.64. The van der Waals surface area contributed by atoms with Crippen LogP contribution in [0.5, 0.6) is 5.75 Å². The summed E-state index contributed by atoms with van der Waals surface area (Å²) in [6.07, 6.45) is 3.50. The first-order chi connectivity index (χ1) is 10.2. The highest BCUT2D eigenvalue weighted by molar-refractivity contribution is 5.76. The number of amides is 1. The third-order valence-electron chi connectivity index (χ3n) is 4.18. The van der Waals surface area contributed by atoms with Gasteiger partial charge in [-0.15, -0.1) is 0 Å². The third kappa shape index (κ3) is 5.05. The summed E-state index contributed by atoms with van der Waals surface area (Å²) in [4.78, 5) is 16.5. The van der Waals surface area contributed by atoms with Crippen LogP contribution in [0.1, 0.15) is 25.7 Å². The van der Waals surface area contributed by atoms with Crippen LogP contribution in [0.15, 0.2) is 30.3 Å². The van der Waals surface area contributed by atoms with Crippen molar-refractivity contribution in [3.63, 3.8) is 0 Å². The summed E-state index contributed by atoms with van der Waals surface area (Å²) in [7, 11) is 4.08. The fourth-order valence-electron chi connectivity index (χ4n) is 2.69. The van der Waals surface area contributed by atoms with Gasteiger partial charge in [0, 0.05) is 19.5 Å². The number of carbonyl (C=O) groups excluding carboxylic acids is 1. The number of carbonyl (C=O) groups is 1. The molecule has 4 heteroatoms. The number of para-hydroxylation sites is 1. The van der Waals surface area contributed by atoms with E-state index in [1.165, 1.54) is 0 Å². The standard InChI is InChI=1S/C17H26N2O2/c1-18-12-10-15(11-13-18)19(2)17(20)9-6-14-21-16-7-4-3-5-8-16/h3-5,7-8,15H,6,9-14H2,1-2H3. The van der Waals surface area contributed by atoms with E-state index in [0.29, 0.717) is 19.1 Å². The minimum Gasteiger partial charge on any atom is -0.494 e. The Hall–Kier alpha value is -1.55. The summed E-state index contributed by atoms with van der Waals surface area (Å²) in [6, 6.07) is 10.2. The van der Waals surface area contributed by atoms with Crippen molar-refractivity contribution in [3.8, 4) is 5.75 Å². The second kappa shape index (κ2) is 8.03. The molecule has 1 amide bonds. The molecule has 1 heterocycles. The van der Waals surface area contributed by atoms with Crippen molar-refractivity contribution in [2.75, 3.05) is 33.8 Å². The van der Waals surface area contributed by atoms with Crippen molar-refractivity contribution in [1.29, 1.82) is 0 Å². The minimum atomic E-state index is 0.237. The number of hydrogen-bond donors (Lipinski definition) is 0. The maximum absolute atomic E-state index is 12.2. The van der Waals surface area contributed by atoms with E-state index < -0.39 is 0 Å². The van der Waals surface area contributed by atoms with Gasteiger partial charge in [-0.3, -0.25) is 4.79 Å². The predicted octanol–water partition coefficient (Wildman–Crippen LogP) is 2.40. The second-order valence-corrected chi connectivity index (χ2v) is 5.80. The number of benzene rings is 1. The molecule has 4 nitrogen and oxygen atoms in total. The molecule has 0 aliphatic carbocycles. The zero-order valence-corrected chi connectivity index (χ0v) is 13.1. The molecule has 1 aromatic rings. The van der Waals surface area contributed by atoms with Gasteiger partial charge in [0.15, 0.2) is 0 Å². The molecule has 21 heavy (non-hydrogen) atoms. The van der Waals surface area contributed by atoms with E-state index in [1.54, 1.807) is 0 Å². The number of piperidine rings is 1. The van der Waals surface area contributed by atoms with Gasteiger partial charge >= 0.3 is 0 Å². The third-order valence-corrected chi connectivity index (χ3v) is 4.18. The molecule has 0 N–H and O–H groups in total. The van der Waals surface area contributed by atoms with Gasteiger partial charge in [0.25, 0.3) is 0 Å². The highest BCUT2D eigenvalue weighted by Crippen LogP contribution is 2.15. The number of nitrogens with zero attached hydrogens (tertiary/aromatic N) is 2. The average molecular weight is 290 g/mol. The number of likely N-dealkylation sites (tertiary alicyclic amines) is 1. The zero-order chi connectivity index (χ0) is 15.1. The lowest BCUT2D eigenvalue weighted by Gasteiger charge is -2.35. The van der Waals surface area contributed by atoms with E-state index in [0.717, 1.165) is 38.1 Å². The molecule has 1 aromatic carbocycles. The fourth-order valence-corrected chi connectivity index (χ4v) is 2.69. The molecular weight excluding hydrogens is 264 g/mol. The van der Waals surface area contributed by atoms with Gasteiger partial charge in [-0.1, -0.05) is 18.2 Å². The van der Waals surface area contributed by atoms with Gasteiger partial charge in [0.1, 0.15) is 5.75 Å². The molecule has 1 fully saturated rings. The first-order valence-electron chi connectivity index (χ1n) is 7.79. The van der Waals surface area contributed by atoms with Gasteiger partial charge < -0.3 is 14.5 Å². The van der Waals surface area contributed by atoms with Crippen molar-refractivity contribution in [2.45, 2.75) is 31.7 Å². The van der Waals surface area contributed by atoms with E-state index in [1.807, 2.05) is 42.3 Å². The molecule has 1 saturated heterocycles. The van der Waals surface area contributed by atoms with Crippen molar-refractivity contribution in [3.05, 3.63) is 30.3 Å². The summed E-state index contributed by atoms with van der Waals surface area (Å²) in [5.74, 6) is 1.11. The van der Waals surface area contributed by atoms with E-state index in [9.17, 15) is 4.79 Å². The smallest absolute Gasteiger partial charge is 0.222 e. The maximum Gasteiger partial charge on any atom is 0.222 e. The molecule has 0 aromatic heterocycles. The summed E-state index contributed by atoms with van der Waals surface area (Å²) in [5, 5.41) is 0. The fraction of sp³-hybridized carbons (Fsp3) is 0.588. The number of rotatable bonds is 6. The summed E-state index contributed by atoms with van der Waals surface area (Å²) < 4.78 is 5.62. The van der Waals surface area contributed by atoms with Crippen LogP contribution in [0.4, 0.5) is 0 Å². The lowest BCUT2D eigenvalue weighted by molar-refractivity contribution is -0.133. The molecule has 116 valence electrons. The van der Waals surface area contributed by atoms with Gasteiger partial charge in [-0.2, -0.15) is 0 Å². The Morgan fingerprint density at radius 1 is 1.29 bits per heavy atom. The Morgan fingerprint density at radius 2 is 1.95 bits per heavy atom. The van der Waals surface area contributed by atoms with Crippen LogP contribution >= 0.6 is 0 Å². The lowest BCUT2D eigenvalue weighted by atomic mass is 10.0. The van der Waals surface area contributed by atoms with Crippen LogP contribution in [0.2, 0.25) is 0 Å². The summed E-state index contributed by atoms with van der Waals surface area (Å²) >= 11 is 0. The molecule has 2 rings (SSSR count). The minimum absolute atomic E-state index is 0.237. The first-order valence-corrected chi connectivity index (χ1v) is 7.79. The van der Waals surface area contributed by atoms with E-state index in [2.05, 4.69) is 11.9 Å². The Morgan fingerprint density at radius 3 is 2.62 bits per heavy atom. The second-order valence-electron chi connectivity index (χ2n) is 5.80. The zero-order valence-electron chi connectivity index (χ0n) is 13.1. The topological polar surface area (TPSA) is 32.8 Å². The Kier molecular flexibility index (Phi) is 6.05. The maximum atomic E-state index is 12.2. The molecule has 0 bridgehead atoms. The summed E-state index contributed by atoms with van der Waals surface area (Å²) in [5.41, 5.74) is 0. The number of hydrogen-bond acceptors (Lipinski definition) is 3. The van der Waals surface area contributed by atoms with Crippen molar-refractivity contribution >= 4 is 5.91 Å². The van der Waals surface area contributed by atoms with Crippen LogP contribution in [-0.4, -0.2) is 55.5 Å². The van der Waals surface area contributed by atoms with Crippen LogP contribution in [0, 0.1) is 0 Å². The first kappa shape index (κ1) is 15.8. The van der Waals surface area contributed by atoms with E-state index >= 15 is 0 Å². The summed E-state index contributed by atoms with van der Waals surface area (Å²) in [6.45, 7) is 2.76. The highest BCUT2D eigenvalue weighted by atomic mass is 16.5. The van der Waals surface area contributed by atoms with Gasteiger partial charge in [0.2, 0.25) is 5.91 Å². The molecule has 0 unspecified atom stereocenters. The van der Waals surface area contributed by atoms with E-state index in [-0.39, 0.29) is 5.91 Å². The van der Waals surface area contributed by atoms with Crippen molar-refractivity contribution in [2.24, 2.45) is 0 Å². The van der Waals surface area contributed by atoms with Crippen LogP contribution in [0.3, 0.4) is 0 Å².